The summed E-state index contributed by atoms with van der Waals surface area (Å²) in [6.45, 7) is 2.77. The fraction of sp³-hybridized carbons (Fsp3) is 0.273. The highest BCUT2D eigenvalue weighted by Crippen LogP contribution is 2.08. The largest absolute Gasteiger partial charge is 0.454 e. The van der Waals surface area contributed by atoms with Crippen LogP contribution < -0.4 is 10.6 Å². The third kappa shape index (κ3) is 7.38. The second-order valence-electron chi connectivity index (χ2n) is 6.87. The van der Waals surface area contributed by atoms with Crippen molar-refractivity contribution in [3.05, 3.63) is 65.2 Å². The van der Waals surface area contributed by atoms with Crippen molar-refractivity contribution in [1.29, 1.82) is 0 Å². The lowest BCUT2D eigenvalue weighted by atomic mass is 10.1. The number of hydrogen-bond donors (Lipinski definition) is 2. The maximum atomic E-state index is 12.1. The zero-order chi connectivity index (χ0) is 22.1. The SMILES string of the molecule is Cc1ccc(NC(=O)CN(C)C(=O)COC(=O)CNC(=O)c2ccc(C)cc2)cc1. The molecule has 0 bridgehead atoms. The van der Waals surface area contributed by atoms with Crippen LogP contribution in [0.15, 0.2) is 48.5 Å². The van der Waals surface area contributed by atoms with Crippen molar-refractivity contribution in [2.24, 2.45) is 0 Å². The average molecular weight is 411 g/mol. The molecule has 0 atom stereocenters. The first kappa shape index (κ1) is 22.6. The molecule has 0 heterocycles. The Balaban J connectivity index is 1.69. The molecule has 0 aliphatic rings. The van der Waals surface area contributed by atoms with E-state index < -0.39 is 24.4 Å². The Bertz CT molecular complexity index is 907. The van der Waals surface area contributed by atoms with Gasteiger partial charge in [0.2, 0.25) is 5.91 Å². The highest BCUT2D eigenvalue weighted by Gasteiger charge is 2.16. The van der Waals surface area contributed by atoms with Crippen LogP contribution in [0.2, 0.25) is 0 Å². The first-order valence-corrected chi connectivity index (χ1v) is 9.35. The average Bonchev–Trinajstić information content (AvgIpc) is 2.72. The Morgan fingerprint density at radius 3 is 2.07 bits per heavy atom. The van der Waals surface area contributed by atoms with Crippen molar-refractivity contribution < 1.29 is 23.9 Å². The molecule has 0 saturated carbocycles. The maximum absolute atomic E-state index is 12.1. The van der Waals surface area contributed by atoms with Crippen molar-refractivity contribution in [1.82, 2.24) is 10.2 Å². The topological polar surface area (TPSA) is 105 Å². The standard InChI is InChI=1S/C22H25N3O5/c1-15-4-8-17(9-5-15)22(29)23-12-21(28)30-14-20(27)25(3)13-19(26)24-18-10-6-16(2)7-11-18/h4-11H,12-14H2,1-3H3,(H,23,29)(H,24,26). The molecule has 2 rings (SSSR count). The van der Waals surface area contributed by atoms with Crippen LogP contribution >= 0.6 is 0 Å². The lowest BCUT2D eigenvalue weighted by molar-refractivity contribution is -0.150. The van der Waals surface area contributed by atoms with Gasteiger partial charge in [-0.2, -0.15) is 0 Å². The highest BCUT2D eigenvalue weighted by atomic mass is 16.5. The van der Waals surface area contributed by atoms with Crippen LogP contribution in [0.5, 0.6) is 0 Å². The molecule has 0 aromatic heterocycles. The van der Waals surface area contributed by atoms with Gasteiger partial charge in [0.05, 0.1) is 6.54 Å². The van der Waals surface area contributed by atoms with Gasteiger partial charge in [-0.25, -0.2) is 0 Å². The minimum absolute atomic E-state index is 0.186. The van der Waals surface area contributed by atoms with Gasteiger partial charge >= 0.3 is 5.97 Å². The predicted molar refractivity (Wildman–Crippen MR) is 112 cm³/mol. The van der Waals surface area contributed by atoms with Crippen LogP contribution in [0.25, 0.3) is 0 Å². The first-order chi connectivity index (χ1) is 14.2. The van der Waals surface area contributed by atoms with Crippen molar-refractivity contribution in [3.63, 3.8) is 0 Å². The van der Waals surface area contributed by atoms with Gasteiger partial charge in [-0.15, -0.1) is 0 Å². The van der Waals surface area contributed by atoms with Gasteiger partial charge in [0.25, 0.3) is 11.8 Å². The lowest BCUT2D eigenvalue weighted by Crippen LogP contribution is -2.38. The molecule has 0 unspecified atom stereocenters. The third-order valence-electron chi connectivity index (χ3n) is 4.21. The Morgan fingerprint density at radius 1 is 0.900 bits per heavy atom. The summed E-state index contributed by atoms with van der Waals surface area (Å²) in [6.07, 6.45) is 0. The number of anilines is 1. The van der Waals surface area contributed by atoms with Crippen LogP contribution in [-0.2, 0) is 19.1 Å². The van der Waals surface area contributed by atoms with Crippen molar-refractivity contribution >= 4 is 29.4 Å². The number of benzene rings is 2. The number of hydrogen-bond acceptors (Lipinski definition) is 5. The number of ether oxygens (including phenoxy) is 1. The second kappa shape index (κ2) is 10.8. The summed E-state index contributed by atoms with van der Waals surface area (Å²) in [5.41, 5.74) is 3.13. The first-order valence-electron chi connectivity index (χ1n) is 9.35. The molecule has 158 valence electrons. The molecule has 2 aromatic carbocycles. The highest BCUT2D eigenvalue weighted by molar-refractivity contribution is 5.96. The molecule has 3 amide bonds. The van der Waals surface area contributed by atoms with E-state index in [-0.39, 0.29) is 19.0 Å². The van der Waals surface area contributed by atoms with E-state index in [1.54, 1.807) is 36.4 Å². The molecule has 0 saturated heterocycles. The summed E-state index contributed by atoms with van der Waals surface area (Å²) < 4.78 is 4.87. The van der Waals surface area contributed by atoms with E-state index in [9.17, 15) is 19.2 Å². The number of esters is 1. The Morgan fingerprint density at radius 2 is 1.47 bits per heavy atom. The molecule has 8 heteroatoms. The van der Waals surface area contributed by atoms with Gasteiger partial charge in [-0.05, 0) is 38.1 Å². The number of rotatable bonds is 8. The number of aryl methyl sites for hydroxylation is 2. The molecule has 30 heavy (non-hydrogen) atoms. The van der Waals surface area contributed by atoms with E-state index in [1.165, 1.54) is 7.05 Å². The number of carbonyl (C=O) groups excluding carboxylic acids is 4. The molecular formula is C22H25N3O5. The zero-order valence-electron chi connectivity index (χ0n) is 17.2. The van der Waals surface area contributed by atoms with Gasteiger partial charge in [0.1, 0.15) is 6.54 Å². The zero-order valence-corrected chi connectivity index (χ0v) is 17.2. The van der Waals surface area contributed by atoms with Crippen LogP contribution in [0.1, 0.15) is 21.5 Å². The number of nitrogens with one attached hydrogen (secondary N) is 2. The molecule has 0 aliphatic heterocycles. The predicted octanol–water partition coefficient (Wildman–Crippen LogP) is 1.67. The van der Waals surface area contributed by atoms with Crippen molar-refractivity contribution in [2.75, 3.05) is 32.1 Å². The summed E-state index contributed by atoms with van der Waals surface area (Å²) >= 11 is 0. The summed E-state index contributed by atoms with van der Waals surface area (Å²) in [5, 5.41) is 5.12. The number of carbonyl (C=O) groups is 4. The molecule has 2 aromatic rings. The summed E-state index contributed by atoms with van der Waals surface area (Å²) in [5.74, 6) is -2.07. The molecular weight excluding hydrogens is 386 g/mol. The Kier molecular flexibility index (Phi) is 8.10. The van der Waals surface area contributed by atoms with E-state index in [0.29, 0.717) is 11.3 Å². The quantitative estimate of drug-likeness (QED) is 0.643. The third-order valence-corrected chi connectivity index (χ3v) is 4.21. The molecule has 0 spiro atoms. The Hall–Kier alpha value is -3.68. The van der Waals surface area contributed by atoms with Crippen molar-refractivity contribution in [3.8, 4) is 0 Å². The lowest BCUT2D eigenvalue weighted by Gasteiger charge is -2.17. The molecule has 0 aliphatic carbocycles. The molecule has 8 nitrogen and oxygen atoms in total. The summed E-state index contributed by atoms with van der Waals surface area (Å²) in [7, 11) is 1.43. The number of nitrogens with zero attached hydrogens (tertiary/aromatic N) is 1. The van der Waals surface area contributed by atoms with E-state index >= 15 is 0 Å². The number of likely N-dealkylation sites (N-methyl/N-ethyl adjacent to an activating group) is 1. The van der Waals surface area contributed by atoms with E-state index in [2.05, 4.69) is 10.6 Å². The second-order valence-corrected chi connectivity index (χ2v) is 6.87. The molecule has 0 radical (unpaired) electrons. The van der Waals surface area contributed by atoms with Gasteiger partial charge in [0, 0.05) is 18.3 Å². The van der Waals surface area contributed by atoms with Gasteiger partial charge < -0.3 is 20.3 Å². The van der Waals surface area contributed by atoms with Crippen LogP contribution in [0.4, 0.5) is 5.69 Å². The monoisotopic (exact) mass is 411 g/mol. The van der Waals surface area contributed by atoms with Gasteiger partial charge in [0.15, 0.2) is 6.61 Å². The normalized spacial score (nSPS) is 10.1. The fourth-order valence-corrected chi connectivity index (χ4v) is 2.40. The Labute approximate surface area is 175 Å². The smallest absolute Gasteiger partial charge is 0.325 e. The number of amides is 3. The minimum atomic E-state index is -0.749. The summed E-state index contributed by atoms with van der Waals surface area (Å²) in [6, 6.07) is 14.1. The molecule has 2 N–H and O–H groups in total. The van der Waals surface area contributed by atoms with Crippen LogP contribution in [-0.4, -0.2) is 55.3 Å². The minimum Gasteiger partial charge on any atom is -0.454 e. The fourth-order valence-electron chi connectivity index (χ4n) is 2.40. The van der Waals surface area contributed by atoms with E-state index in [0.717, 1.165) is 16.0 Å². The van der Waals surface area contributed by atoms with Gasteiger partial charge in [-0.1, -0.05) is 35.4 Å². The van der Waals surface area contributed by atoms with Crippen LogP contribution in [0.3, 0.4) is 0 Å². The van der Waals surface area contributed by atoms with E-state index in [4.69, 9.17) is 4.74 Å². The van der Waals surface area contributed by atoms with Gasteiger partial charge in [-0.3, -0.25) is 19.2 Å². The maximum Gasteiger partial charge on any atom is 0.325 e. The van der Waals surface area contributed by atoms with Crippen molar-refractivity contribution in [2.45, 2.75) is 13.8 Å². The van der Waals surface area contributed by atoms with E-state index in [1.807, 2.05) is 26.0 Å². The van der Waals surface area contributed by atoms with Crippen LogP contribution in [0, 0.1) is 13.8 Å². The summed E-state index contributed by atoms with van der Waals surface area (Å²) in [4.78, 5) is 49.0. The molecule has 0 fully saturated rings.